The maximum Gasteiger partial charge on any atom is 0.242 e. The molecule has 0 bridgehead atoms. The third-order valence-electron chi connectivity index (χ3n) is 6.78. The van der Waals surface area contributed by atoms with E-state index in [9.17, 15) is 9.59 Å². The van der Waals surface area contributed by atoms with Crippen molar-refractivity contribution in [2.45, 2.75) is 76.9 Å². The molecule has 1 aromatic heterocycles. The van der Waals surface area contributed by atoms with Gasteiger partial charge < -0.3 is 10.3 Å². The lowest BCUT2D eigenvalue weighted by atomic mass is 9.90. The van der Waals surface area contributed by atoms with Crippen molar-refractivity contribution < 1.29 is 9.59 Å². The molecule has 2 aromatic carbocycles. The number of nitrogens with zero attached hydrogens (tertiary/aromatic N) is 1. The molecule has 2 unspecified atom stereocenters. The van der Waals surface area contributed by atoms with Crippen LogP contribution >= 0.6 is 0 Å². The topological polar surface area (TPSA) is 86.9 Å². The van der Waals surface area contributed by atoms with E-state index in [0.717, 1.165) is 54.7 Å². The largest absolute Gasteiger partial charge is 0.344 e. The van der Waals surface area contributed by atoms with E-state index in [1.807, 2.05) is 61.7 Å². The zero-order valence-electron chi connectivity index (χ0n) is 20.7. The van der Waals surface area contributed by atoms with E-state index in [2.05, 4.69) is 33.6 Å². The van der Waals surface area contributed by atoms with Crippen LogP contribution in [0, 0.1) is 0 Å². The summed E-state index contributed by atoms with van der Waals surface area (Å²) in [5.41, 5.74) is 4.26. The second-order valence-electron chi connectivity index (χ2n) is 9.50. The minimum absolute atomic E-state index is 0.0344. The highest BCUT2D eigenvalue weighted by molar-refractivity contribution is 5.84. The molecule has 0 radical (unpaired) electrons. The number of H-pyrrole nitrogens is 1. The number of imidazole rings is 1. The number of hydrogen-bond donors (Lipinski definition) is 3. The first kappa shape index (κ1) is 24.9. The quantitative estimate of drug-likeness (QED) is 0.324. The number of rotatable bonds is 11. The van der Waals surface area contributed by atoms with Crippen molar-refractivity contribution in [3.8, 4) is 11.3 Å². The van der Waals surface area contributed by atoms with Crippen LogP contribution in [0.15, 0.2) is 60.8 Å². The van der Waals surface area contributed by atoms with E-state index in [4.69, 9.17) is 0 Å². The van der Waals surface area contributed by atoms with Crippen LogP contribution in [0.25, 0.3) is 11.3 Å². The molecule has 1 aliphatic rings. The Hall–Kier alpha value is -3.25. The molecule has 6 nitrogen and oxygen atoms in total. The Balaban J connectivity index is 1.49. The molecule has 4 rings (SSSR count). The van der Waals surface area contributed by atoms with Crippen molar-refractivity contribution >= 4 is 11.7 Å². The van der Waals surface area contributed by atoms with Gasteiger partial charge in [0, 0.05) is 18.9 Å². The molecule has 1 aliphatic heterocycles. The lowest BCUT2D eigenvalue weighted by Crippen LogP contribution is -2.46. The third kappa shape index (κ3) is 6.45. The molecule has 0 spiro atoms. The molecule has 0 saturated heterocycles. The molecule has 1 amide bonds. The zero-order valence-corrected chi connectivity index (χ0v) is 20.7. The third-order valence-corrected chi connectivity index (χ3v) is 6.78. The standard InChI is InChI=1S/C29H36N4O2/c1-3-23(34)15-8-5-9-17-25(28-30-19-26(32-28)21-12-6-4-7-13-21)33-29(35)27-24-16-11-10-14-22(24)18-20(2)31-27/h4,6-7,10-14,16,19-20,25,27,31H,3,5,8-9,15,17-18H2,1-2H3,(H,30,32)(H,33,35)/t20?,25-,27?/m0/s1. The lowest BCUT2D eigenvalue weighted by Gasteiger charge is -2.31. The number of carbonyl (C=O) groups excluding carboxylic acids is 2. The molecular formula is C29H36N4O2. The van der Waals surface area contributed by atoms with Crippen LogP contribution in [0.1, 0.15) is 81.4 Å². The highest BCUT2D eigenvalue weighted by Gasteiger charge is 2.31. The van der Waals surface area contributed by atoms with Crippen LogP contribution in [-0.2, 0) is 16.0 Å². The Labute approximate surface area is 208 Å². The van der Waals surface area contributed by atoms with Gasteiger partial charge in [-0.25, -0.2) is 4.98 Å². The van der Waals surface area contributed by atoms with Crippen LogP contribution in [-0.4, -0.2) is 27.7 Å². The molecule has 35 heavy (non-hydrogen) atoms. The van der Waals surface area contributed by atoms with E-state index in [1.165, 1.54) is 5.56 Å². The molecule has 6 heteroatoms. The molecule has 2 heterocycles. The van der Waals surface area contributed by atoms with Crippen molar-refractivity contribution in [2.75, 3.05) is 0 Å². The summed E-state index contributed by atoms with van der Waals surface area (Å²) in [6, 6.07) is 17.9. The number of aromatic amines is 1. The highest BCUT2D eigenvalue weighted by atomic mass is 16.2. The fourth-order valence-corrected chi connectivity index (χ4v) is 4.82. The van der Waals surface area contributed by atoms with Gasteiger partial charge in [0.2, 0.25) is 5.91 Å². The van der Waals surface area contributed by atoms with Gasteiger partial charge in [0.25, 0.3) is 0 Å². The predicted octanol–water partition coefficient (Wildman–Crippen LogP) is 5.44. The predicted molar refractivity (Wildman–Crippen MR) is 139 cm³/mol. The number of aromatic nitrogens is 2. The fourth-order valence-electron chi connectivity index (χ4n) is 4.82. The van der Waals surface area contributed by atoms with E-state index < -0.39 is 0 Å². The van der Waals surface area contributed by atoms with Gasteiger partial charge in [-0.2, -0.15) is 0 Å². The molecule has 0 fully saturated rings. The van der Waals surface area contributed by atoms with Gasteiger partial charge in [0.15, 0.2) is 0 Å². The number of Topliss-reactive ketones (excluding diaryl/α,β-unsaturated/α-hetero) is 1. The second kappa shape index (κ2) is 11.9. The van der Waals surface area contributed by atoms with Crippen molar-refractivity contribution in [3.63, 3.8) is 0 Å². The van der Waals surface area contributed by atoms with Crippen LogP contribution in [0.5, 0.6) is 0 Å². The van der Waals surface area contributed by atoms with Gasteiger partial charge in [0.05, 0.1) is 17.9 Å². The van der Waals surface area contributed by atoms with Crippen LogP contribution < -0.4 is 10.6 Å². The smallest absolute Gasteiger partial charge is 0.242 e. The maximum atomic E-state index is 13.5. The van der Waals surface area contributed by atoms with E-state index in [-0.39, 0.29) is 24.0 Å². The maximum absolute atomic E-state index is 13.5. The summed E-state index contributed by atoms with van der Waals surface area (Å²) in [4.78, 5) is 33.2. The Kier molecular flexibility index (Phi) is 8.48. The van der Waals surface area contributed by atoms with Crippen molar-refractivity contribution in [3.05, 3.63) is 77.7 Å². The molecule has 0 saturated carbocycles. The fraction of sp³-hybridized carbons (Fsp3) is 0.414. The summed E-state index contributed by atoms with van der Waals surface area (Å²) in [6.45, 7) is 4.03. The molecular weight excluding hydrogens is 436 g/mol. The normalized spacial score (nSPS) is 18.0. The average Bonchev–Trinajstić information content (AvgIpc) is 3.38. The summed E-state index contributed by atoms with van der Waals surface area (Å²) in [7, 11) is 0. The van der Waals surface area contributed by atoms with Gasteiger partial charge in [-0.3, -0.25) is 14.9 Å². The molecule has 3 N–H and O–H groups in total. The van der Waals surface area contributed by atoms with Crippen LogP contribution in [0.2, 0.25) is 0 Å². The summed E-state index contributed by atoms with van der Waals surface area (Å²) in [5, 5.41) is 6.75. The monoisotopic (exact) mass is 472 g/mol. The number of ketones is 1. The molecule has 184 valence electrons. The van der Waals surface area contributed by atoms with Gasteiger partial charge >= 0.3 is 0 Å². The van der Waals surface area contributed by atoms with Crippen molar-refractivity contribution in [1.29, 1.82) is 0 Å². The highest BCUT2D eigenvalue weighted by Crippen LogP contribution is 2.28. The molecule has 3 aromatic rings. The first-order chi connectivity index (χ1) is 17.0. The summed E-state index contributed by atoms with van der Waals surface area (Å²) in [5.74, 6) is 1.04. The van der Waals surface area contributed by atoms with Crippen LogP contribution in [0.4, 0.5) is 0 Å². The van der Waals surface area contributed by atoms with Crippen molar-refractivity contribution in [1.82, 2.24) is 20.6 Å². The van der Waals surface area contributed by atoms with Gasteiger partial charge in [-0.15, -0.1) is 0 Å². The number of amides is 1. The second-order valence-corrected chi connectivity index (χ2v) is 9.50. The number of benzene rings is 2. The summed E-state index contributed by atoms with van der Waals surface area (Å²) < 4.78 is 0. The Morgan fingerprint density at radius 3 is 2.63 bits per heavy atom. The SMILES string of the molecule is CCC(=O)CCCCC[C@H](NC(=O)C1NC(C)Cc2ccccc21)c1ncc(-c2ccccc2)[nH]1. The van der Waals surface area contributed by atoms with Crippen molar-refractivity contribution in [2.24, 2.45) is 0 Å². The lowest BCUT2D eigenvalue weighted by molar-refractivity contribution is -0.124. The van der Waals surface area contributed by atoms with E-state index in [1.54, 1.807) is 0 Å². The number of unbranched alkanes of at least 4 members (excludes halogenated alkanes) is 2. The summed E-state index contributed by atoms with van der Waals surface area (Å²) in [6.07, 6.45) is 7.49. The number of nitrogens with one attached hydrogen (secondary N) is 3. The number of carbonyl (C=O) groups is 2. The van der Waals surface area contributed by atoms with E-state index in [0.29, 0.717) is 18.6 Å². The first-order valence-corrected chi connectivity index (χ1v) is 12.8. The Morgan fingerprint density at radius 1 is 1.06 bits per heavy atom. The van der Waals surface area contributed by atoms with Crippen LogP contribution in [0.3, 0.4) is 0 Å². The van der Waals surface area contributed by atoms with Gasteiger partial charge in [-0.1, -0.05) is 74.4 Å². The average molecular weight is 473 g/mol. The minimum Gasteiger partial charge on any atom is -0.344 e. The molecule has 3 atom stereocenters. The number of hydrogen-bond acceptors (Lipinski definition) is 4. The van der Waals surface area contributed by atoms with Gasteiger partial charge in [-0.05, 0) is 42.9 Å². The summed E-state index contributed by atoms with van der Waals surface area (Å²) >= 11 is 0. The Morgan fingerprint density at radius 2 is 1.83 bits per heavy atom. The molecule has 0 aliphatic carbocycles. The van der Waals surface area contributed by atoms with E-state index >= 15 is 0 Å². The van der Waals surface area contributed by atoms with Gasteiger partial charge in [0.1, 0.15) is 17.6 Å². The zero-order chi connectivity index (χ0) is 24.6. The minimum atomic E-state index is -0.386. The number of fused-ring (bicyclic) bond motifs is 1. The first-order valence-electron chi connectivity index (χ1n) is 12.8. The Bertz CT molecular complexity index is 1120.